The predicted molar refractivity (Wildman–Crippen MR) is 98.5 cm³/mol. The Balaban J connectivity index is 2.54. The lowest BCUT2D eigenvalue weighted by atomic mass is 9.98. The zero-order valence-electron chi connectivity index (χ0n) is 15.1. The second-order valence-corrected chi connectivity index (χ2v) is 8.09. The van der Waals surface area contributed by atoms with Crippen molar-refractivity contribution in [1.29, 1.82) is 0 Å². The summed E-state index contributed by atoms with van der Waals surface area (Å²) in [6.07, 6.45) is 0. The van der Waals surface area contributed by atoms with Gasteiger partial charge in [0.05, 0.1) is 12.8 Å². The van der Waals surface area contributed by atoms with Crippen LogP contribution in [0.4, 0.5) is 5.69 Å². The number of anilines is 1. The molecule has 0 aliphatic carbocycles. The van der Waals surface area contributed by atoms with Crippen molar-refractivity contribution in [2.24, 2.45) is 0 Å². The first-order valence-corrected chi connectivity index (χ1v) is 9.42. The molecule has 0 saturated heterocycles. The molecule has 4 nitrogen and oxygen atoms in total. The van der Waals surface area contributed by atoms with Crippen LogP contribution in [0.25, 0.3) is 0 Å². The molecular weight excluding hydrogens is 322 g/mol. The third kappa shape index (κ3) is 3.73. The summed E-state index contributed by atoms with van der Waals surface area (Å²) in [5.41, 5.74) is 4.57. The van der Waals surface area contributed by atoms with Crippen molar-refractivity contribution in [1.82, 2.24) is 0 Å². The Labute approximate surface area is 144 Å². The predicted octanol–water partition coefficient (Wildman–Crippen LogP) is 4.54. The number of hydrogen-bond acceptors (Lipinski definition) is 3. The van der Waals surface area contributed by atoms with Crippen LogP contribution in [0.3, 0.4) is 0 Å². The minimum Gasteiger partial charge on any atom is -0.495 e. The minimum atomic E-state index is -3.74. The van der Waals surface area contributed by atoms with E-state index < -0.39 is 10.0 Å². The molecule has 1 N–H and O–H groups in total. The SMILES string of the molecule is COc1cc(C)c(C(C)C)cc1S(=O)(=O)Nc1ccc(C)cc1C. The van der Waals surface area contributed by atoms with Crippen LogP contribution in [0.1, 0.15) is 42.0 Å². The Morgan fingerprint density at radius 3 is 2.21 bits per heavy atom. The highest BCUT2D eigenvalue weighted by Crippen LogP contribution is 2.32. The van der Waals surface area contributed by atoms with Crippen LogP contribution in [-0.4, -0.2) is 15.5 Å². The van der Waals surface area contributed by atoms with Gasteiger partial charge in [-0.2, -0.15) is 0 Å². The highest BCUT2D eigenvalue weighted by molar-refractivity contribution is 7.92. The van der Waals surface area contributed by atoms with E-state index in [1.54, 1.807) is 18.2 Å². The third-order valence-corrected chi connectivity index (χ3v) is 5.48. The van der Waals surface area contributed by atoms with Gasteiger partial charge >= 0.3 is 0 Å². The van der Waals surface area contributed by atoms with E-state index in [-0.39, 0.29) is 10.8 Å². The first-order valence-electron chi connectivity index (χ1n) is 7.94. The summed E-state index contributed by atoms with van der Waals surface area (Å²) >= 11 is 0. The van der Waals surface area contributed by atoms with Gasteiger partial charge in [0.15, 0.2) is 0 Å². The van der Waals surface area contributed by atoms with E-state index in [4.69, 9.17) is 4.74 Å². The molecule has 2 aromatic rings. The monoisotopic (exact) mass is 347 g/mol. The second kappa shape index (κ2) is 6.85. The van der Waals surface area contributed by atoms with Gasteiger partial charge in [0.1, 0.15) is 10.6 Å². The summed E-state index contributed by atoms with van der Waals surface area (Å²) in [6, 6.07) is 9.11. The normalized spacial score (nSPS) is 11.6. The van der Waals surface area contributed by atoms with Crippen LogP contribution in [0.2, 0.25) is 0 Å². The first-order chi connectivity index (χ1) is 11.2. The van der Waals surface area contributed by atoms with E-state index in [9.17, 15) is 8.42 Å². The summed E-state index contributed by atoms with van der Waals surface area (Å²) < 4.78 is 33.8. The summed E-state index contributed by atoms with van der Waals surface area (Å²) in [5.74, 6) is 0.583. The lowest BCUT2D eigenvalue weighted by Crippen LogP contribution is -2.16. The zero-order chi connectivity index (χ0) is 18.1. The Hall–Kier alpha value is -2.01. The molecule has 0 aromatic heterocycles. The van der Waals surface area contributed by atoms with Crippen molar-refractivity contribution in [3.63, 3.8) is 0 Å². The molecule has 0 aliphatic heterocycles. The zero-order valence-corrected chi connectivity index (χ0v) is 15.9. The minimum absolute atomic E-state index is 0.166. The second-order valence-electron chi connectivity index (χ2n) is 6.44. The van der Waals surface area contributed by atoms with Gasteiger partial charge in [0.25, 0.3) is 10.0 Å². The fourth-order valence-corrected chi connectivity index (χ4v) is 4.11. The smallest absolute Gasteiger partial charge is 0.265 e. The van der Waals surface area contributed by atoms with Crippen LogP contribution in [0.15, 0.2) is 35.2 Å². The molecule has 0 spiro atoms. The molecular formula is C19H25NO3S. The quantitative estimate of drug-likeness (QED) is 0.863. The van der Waals surface area contributed by atoms with Gasteiger partial charge in [-0.1, -0.05) is 31.5 Å². The van der Waals surface area contributed by atoms with Crippen molar-refractivity contribution in [2.45, 2.75) is 45.4 Å². The Bertz CT molecular complexity index is 855. The van der Waals surface area contributed by atoms with Crippen LogP contribution in [-0.2, 0) is 10.0 Å². The maximum Gasteiger partial charge on any atom is 0.265 e. The Kier molecular flexibility index (Phi) is 5.23. The van der Waals surface area contributed by atoms with Crippen LogP contribution < -0.4 is 9.46 Å². The van der Waals surface area contributed by atoms with Gasteiger partial charge < -0.3 is 4.74 Å². The van der Waals surface area contributed by atoms with E-state index >= 15 is 0 Å². The largest absolute Gasteiger partial charge is 0.495 e. The molecule has 0 aliphatic rings. The topological polar surface area (TPSA) is 55.4 Å². The average Bonchev–Trinajstić information content (AvgIpc) is 2.49. The van der Waals surface area contributed by atoms with Gasteiger partial charge in [0.2, 0.25) is 0 Å². The van der Waals surface area contributed by atoms with Gasteiger partial charge in [0, 0.05) is 0 Å². The molecule has 24 heavy (non-hydrogen) atoms. The van der Waals surface area contributed by atoms with Gasteiger partial charge in [-0.15, -0.1) is 0 Å². The average molecular weight is 347 g/mol. The van der Waals surface area contributed by atoms with Gasteiger partial charge in [-0.05, 0) is 61.6 Å². The number of nitrogens with one attached hydrogen (secondary N) is 1. The molecule has 0 amide bonds. The maximum absolute atomic E-state index is 12.9. The van der Waals surface area contributed by atoms with Crippen molar-refractivity contribution in [2.75, 3.05) is 11.8 Å². The van der Waals surface area contributed by atoms with Crippen molar-refractivity contribution >= 4 is 15.7 Å². The summed E-state index contributed by atoms with van der Waals surface area (Å²) in [7, 11) is -2.25. The number of sulfonamides is 1. The highest BCUT2D eigenvalue weighted by Gasteiger charge is 2.23. The van der Waals surface area contributed by atoms with E-state index in [0.29, 0.717) is 11.4 Å². The molecule has 0 saturated carbocycles. The molecule has 130 valence electrons. The van der Waals surface area contributed by atoms with E-state index in [0.717, 1.165) is 22.3 Å². The highest BCUT2D eigenvalue weighted by atomic mass is 32.2. The van der Waals surface area contributed by atoms with Crippen LogP contribution in [0, 0.1) is 20.8 Å². The number of methoxy groups -OCH3 is 1. The fourth-order valence-electron chi connectivity index (χ4n) is 2.80. The maximum atomic E-state index is 12.9. The van der Waals surface area contributed by atoms with E-state index in [2.05, 4.69) is 4.72 Å². The molecule has 5 heteroatoms. The molecule has 2 aromatic carbocycles. The summed E-state index contributed by atoms with van der Waals surface area (Å²) in [6.45, 7) is 9.91. The number of rotatable bonds is 5. The lowest BCUT2D eigenvalue weighted by Gasteiger charge is -2.17. The molecule has 2 rings (SSSR count). The number of hydrogen-bond donors (Lipinski definition) is 1. The fraction of sp³-hybridized carbons (Fsp3) is 0.368. The Morgan fingerprint density at radius 2 is 1.67 bits per heavy atom. The molecule has 0 radical (unpaired) electrons. The number of benzene rings is 2. The third-order valence-electron chi connectivity index (χ3n) is 4.09. The van der Waals surface area contributed by atoms with E-state index in [1.807, 2.05) is 46.8 Å². The van der Waals surface area contributed by atoms with Gasteiger partial charge in [-0.25, -0.2) is 8.42 Å². The molecule has 0 heterocycles. The molecule has 0 bridgehead atoms. The van der Waals surface area contributed by atoms with E-state index in [1.165, 1.54) is 7.11 Å². The van der Waals surface area contributed by atoms with Crippen molar-refractivity contribution in [3.05, 3.63) is 52.6 Å². The molecule has 0 unspecified atom stereocenters. The number of ether oxygens (including phenoxy) is 1. The lowest BCUT2D eigenvalue weighted by molar-refractivity contribution is 0.402. The Morgan fingerprint density at radius 1 is 1.00 bits per heavy atom. The van der Waals surface area contributed by atoms with Gasteiger partial charge in [-0.3, -0.25) is 4.72 Å². The number of aryl methyl sites for hydroxylation is 3. The van der Waals surface area contributed by atoms with Crippen molar-refractivity contribution in [3.8, 4) is 5.75 Å². The van der Waals surface area contributed by atoms with Crippen LogP contribution in [0.5, 0.6) is 5.75 Å². The molecule has 0 atom stereocenters. The van der Waals surface area contributed by atoms with Crippen molar-refractivity contribution < 1.29 is 13.2 Å². The van der Waals surface area contributed by atoms with Crippen LogP contribution >= 0.6 is 0 Å². The summed E-state index contributed by atoms with van der Waals surface area (Å²) in [4.78, 5) is 0.166. The first kappa shape index (κ1) is 18.3. The summed E-state index contributed by atoms with van der Waals surface area (Å²) in [5, 5.41) is 0. The molecule has 0 fully saturated rings. The standard InChI is InChI=1S/C19H25NO3S/c1-12(2)16-11-19(18(23-6)10-14(16)4)24(21,22)20-17-8-7-13(3)9-15(17)5/h7-12,20H,1-6H3.